The van der Waals surface area contributed by atoms with E-state index in [2.05, 4.69) is 27.4 Å². The van der Waals surface area contributed by atoms with Crippen LogP contribution in [-0.4, -0.2) is 11.9 Å². The number of carbonyl (C=O) groups is 1. The van der Waals surface area contributed by atoms with E-state index in [0.29, 0.717) is 25.2 Å². The van der Waals surface area contributed by atoms with E-state index in [0.717, 1.165) is 17.3 Å². The highest BCUT2D eigenvalue weighted by Crippen LogP contribution is 2.23. The molecular formula is C11H13BrO2S. The third-order valence-corrected chi connectivity index (χ3v) is 4.24. The van der Waals surface area contributed by atoms with Crippen LogP contribution in [0, 0.1) is 0 Å². The van der Waals surface area contributed by atoms with Crippen molar-refractivity contribution in [3.05, 3.63) is 20.8 Å². The third kappa shape index (κ3) is 3.40. The Kier molecular flexibility index (Phi) is 3.94. The topological polar surface area (TPSA) is 26.3 Å². The second-order valence-electron chi connectivity index (χ2n) is 3.78. The van der Waals surface area contributed by atoms with Crippen molar-refractivity contribution in [1.82, 2.24) is 0 Å². The minimum atomic E-state index is 0.281. The molecule has 0 aromatic carbocycles. The smallest absolute Gasteiger partial charge is 0.133 e. The molecule has 1 fully saturated rings. The summed E-state index contributed by atoms with van der Waals surface area (Å²) < 4.78 is 6.88. The first-order valence-electron chi connectivity index (χ1n) is 5.10. The molecule has 4 heteroatoms. The van der Waals surface area contributed by atoms with Gasteiger partial charge in [0.25, 0.3) is 0 Å². The lowest BCUT2D eigenvalue weighted by Gasteiger charge is -2.20. The summed E-state index contributed by atoms with van der Waals surface area (Å²) in [6.45, 7) is 0.676. The molecular weight excluding hydrogens is 276 g/mol. The number of carbonyl (C=O) groups excluding carboxylic acids is 1. The normalized spacial score (nSPS) is 18.3. The van der Waals surface area contributed by atoms with Crippen LogP contribution in [0.15, 0.2) is 15.9 Å². The van der Waals surface area contributed by atoms with Crippen molar-refractivity contribution in [2.75, 3.05) is 0 Å². The molecule has 1 aliphatic rings. The summed E-state index contributed by atoms with van der Waals surface area (Å²) in [6.07, 6.45) is 3.46. The second kappa shape index (κ2) is 5.23. The Balaban J connectivity index is 1.76. The van der Waals surface area contributed by atoms with Gasteiger partial charge in [0, 0.05) is 27.6 Å². The van der Waals surface area contributed by atoms with Crippen LogP contribution in [0.1, 0.15) is 30.6 Å². The van der Waals surface area contributed by atoms with Crippen molar-refractivity contribution in [1.29, 1.82) is 0 Å². The van der Waals surface area contributed by atoms with Gasteiger partial charge in [-0.05, 0) is 34.8 Å². The summed E-state index contributed by atoms with van der Waals surface area (Å²) in [5, 5.41) is 2.06. The van der Waals surface area contributed by atoms with E-state index in [-0.39, 0.29) is 6.10 Å². The molecule has 82 valence electrons. The highest BCUT2D eigenvalue weighted by Gasteiger charge is 2.19. The quantitative estimate of drug-likeness (QED) is 0.850. The van der Waals surface area contributed by atoms with Gasteiger partial charge < -0.3 is 4.74 Å². The zero-order valence-corrected chi connectivity index (χ0v) is 10.8. The summed E-state index contributed by atoms with van der Waals surface area (Å²) in [5.74, 6) is 0.383. The number of Topliss-reactive ketones (excluding diaryl/α,β-unsaturated/α-hetero) is 1. The van der Waals surface area contributed by atoms with Gasteiger partial charge >= 0.3 is 0 Å². The third-order valence-electron chi connectivity index (χ3n) is 2.57. The molecule has 1 aliphatic carbocycles. The van der Waals surface area contributed by atoms with Gasteiger partial charge in [-0.25, -0.2) is 0 Å². The number of halogens is 1. The maximum atomic E-state index is 11.0. The maximum absolute atomic E-state index is 11.0. The number of thiophene rings is 1. The molecule has 0 atom stereocenters. The fourth-order valence-corrected chi connectivity index (χ4v) is 3.08. The lowest BCUT2D eigenvalue weighted by molar-refractivity contribution is -0.123. The highest BCUT2D eigenvalue weighted by atomic mass is 79.9. The zero-order chi connectivity index (χ0) is 10.7. The summed E-state index contributed by atoms with van der Waals surface area (Å²) in [5.41, 5.74) is 0. The minimum absolute atomic E-state index is 0.281. The average molecular weight is 289 g/mol. The number of hydrogen-bond donors (Lipinski definition) is 0. The van der Waals surface area contributed by atoms with Crippen molar-refractivity contribution in [2.45, 2.75) is 38.4 Å². The van der Waals surface area contributed by atoms with E-state index < -0.39 is 0 Å². The Labute approximate surface area is 102 Å². The monoisotopic (exact) mass is 288 g/mol. The predicted molar refractivity (Wildman–Crippen MR) is 64.1 cm³/mol. The summed E-state index contributed by atoms with van der Waals surface area (Å²) in [4.78, 5) is 12.3. The average Bonchev–Trinajstić information content (AvgIpc) is 2.64. The fraction of sp³-hybridized carbons (Fsp3) is 0.545. The van der Waals surface area contributed by atoms with Crippen molar-refractivity contribution >= 4 is 33.0 Å². The number of ether oxygens (including phenoxy) is 1. The van der Waals surface area contributed by atoms with E-state index in [1.165, 1.54) is 4.88 Å². The Morgan fingerprint density at radius 2 is 2.20 bits per heavy atom. The van der Waals surface area contributed by atoms with E-state index in [9.17, 15) is 4.79 Å². The standard InChI is InChI=1S/C11H13BrO2S/c12-8-5-11(15-7-8)6-14-10-3-1-9(13)2-4-10/h5,7,10H,1-4,6H2. The van der Waals surface area contributed by atoms with Gasteiger partial charge in [-0.15, -0.1) is 11.3 Å². The molecule has 0 bridgehead atoms. The summed E-state index contributed by atoms with van der Waals surface area (Å²) in [7, 11) is 0. The summed E-state index contributed by atoms with van der Waals surface area (Å²) in [6, 6.07) is 2.08. The first-order valence-corrected chi connectivity index (χ1v) is 6.77. The van der Waals surface area contributed by atoms with Crippen molar-refractivity contribution in [3.8, 4) is 0 Å². The van der Waals surface area contributed by atoms with Crippen molar-refractivity contribution in [3.63, 3.8) is 0 Å². The van der Waals surface area contributed by atoms with Gasteiger partial charge in [-0.3, -0.25) is 4.79 Å². The van der Waals surface area contributed by atoms with Crippen molar-refractivity contribution < 1.29 is 9.53 Å². The molecule has 2 rings (SSSR count). The van der Waals surface area contributed by atoms with Crippen LogP contribution >= 0.6 is 27.3 Å². The van der Waals surface area contributed by atoms with Gasteiger partial charge in [0.1, 0.15) is 5.78 Å². The number of rotatable bonds is 3. The Bertz CT molecular complexity index is 338. The minimum Gasteiger partial charge on any atom is -0.373 e. The molecule has 0 aliphatic heterocycles. The molecule has 0 radical (unpaired) electrons. The molecule has 1 saturated carbocycles. The zero-order valence-electron chi connectivity index (χ0n) is 8.37. The predicted octanol–water partition coefficient (Wildman–Crippen LogP) is 3.54. The SMILES string of the molecule is O=C1CCC(OCc2cc(Br)cs2)CC1. The lowest BCUT2D eigenvalue weighted by atomic mass is 9.96. The number of hydrogen-bond acceptors (Lipinski definition) is 3. The molecule has 0 saturated heterocycles. The molecule has 2 nitrogen and oxygen atoms in total. The largest absolute Gasteiger partial charge is 0.373 e. The number of ketones is 1. The Hall–Kier alpha value is -0.190. The van der Waals surface area contributed by atoms with Crippen LogP contribution in [0.3, 0.4) is 0 Å². The van der Waals surface area contributed by atoms with Gasteiger partial charge in [0.15, 0.2) is 0 Å². The van der Waals surface area contributed by atoms with E-state index in [1.807, 2.05) is 0 Å². The molecule has 1 aromatic rings. The van der Waals surface area contributed by atoms with E-state index in [4.69, 9.17) is 4.74 Å². The van der Waals surface area contributed by atoms with Crippen LogP contribution in [-0.2, 0) is 16.1 Å². The van der Waals surface area contributed by atoms with Gasteiger partial charge in [-0.1, -0.05) is 0 Å². The van der Waals surface area contributed by atoms with Gasteiger partial charge in [-0.2, -0.15) is 0 Å². The van der Waals surface area contributed by atoms with Crippen LogP contribution in [0.25, 0.3) is 0 Å². The molecule has 1 heterocycles. The lowest BCUT2D eigenvalue weighted by Crippen LogP contribution is -2.21. The van der Waals surface area contributed by atoms with Crippen LogP contribution < -0.4 is 0 Å². The molecule has 15 heavy (non-hydrogen) atoms. The molecule has 1 aromatic heterocycles. The fourth-order valence-electron chi connectivity index (χ4n) is 1.71. The van der Waals surface area contributed by atoms with Gasteiger partial charge in [0.2, 0.25) is 0 Å². The Morgan fingerprint density at radius 3 is 2.80 bits per heavy atom. The van der Waals surface area contributed by atoms with Gasteiger partial charge in [0.05, 0.1) is 12.7 Å². The van der Waals surface area contributed by atoms with E-state index in [1.54, 1.807) is 11.3 Å². The molecule has 0 spiro atoms. The second-order valence-corrected chi connectivity index (χ2v) is 5.69. The molecule has 0 amide bonds. The first-order chi connectivity index (χ1) is 7.24. The molecule has 0 N–H and O–H groups in total. The van der Waals surface area contributed by atoms with Crippen LogP contribution in [0.2, 0.25) is 0 Å². The molecule has 0 unspecified atom stereocenters. The van der Waals surface area contributed by atoms with Crippen LogP contribution in [0.5, 0.6) is 0 Å². The van der Waals surface area contributed by atoms with Crippen LogP contribution in [0.4, 0.5) is 0 Å². The maximum Gasteiger partial charge on any atom is 0.133 e. The highest BCUT2D eigenvalue weighted by molar-refractivity contribution is 9.10. The summed E-state index contributed by atoms with van der Waals surface area (Å²) >= 11 is 5.12. The van der Waals surface area contributed by atoms with E-state index >= 15 is 0 Å². The Morgan fingerprint density at radius 1 is 1.47 bits per heavy atom. The van der Waals surface area contributed by atoms with Crippen molar-refractivity contribution in [2.24, 2.45) is 0 Å². The first kappa shape index (κ1) is 11.3.